The van der Waals surface area contributed by atoms with Crippen LogP contribution in [0.4, 0.5) is 4.79 Å². The molecule has 0 aliphatic heterocycles. The largest absolute Gasteiger partial charge is 0.465 e. The number of rotatable bonds is 6. The summed E-state index contributed by atoms with van der Waals surface area (Å²) in [6.45, 7) is 0. The highest BCUT2D eigenvalue weighted by molar-refractivity contribution is 5.83. The van der Waals surface area contributed by atoms with E-state index in [1.807, 2.05) is 42.5 Å². The molecule has 2 atom stereocenters. The zero-order chi connectivity index (χ0) is 16.1. The molecular weight excluding hydrogens is 284 g/mol. The highest BCUT2D eigenvalue weighted by atomic mass is 16.7. The van der Waals surface area contributed by atoms with Crippen molar-refractivity contribution >= 4 is 23.2 Å². The van der Waals surface area contributed by atoms with E-state index < -0.39 is 18.2 Å². The van der Waals surface area contributed by atoms with Crippen LogP contribution in [0.3, 0.4) is 0 Å². The SMILES string of the molecule is CON(C)C(c1ccc2ccccc2c1)C(C=O)NC(=O)O. The predicted octanol–water partition coefficient (Wildman–Crippen LogP) is 2.21. The number of carboxylic acid groups (broad SMARTS) is 1. The molecule has 2 aromatic rings. The monoisotopic (exact) mass is 302 g/mol. The van der Waals surface area contributed by atoms with Gasteiger partial charge in [-0.05, 0) is 22.4 Å². The lowest BCUT2D eigenvalue weighted by Crippen LogP contribution is -2.45. The first-order valence-electron chi connectivity index (χ1n) is 6.77. The van der Waals surface area contributed by atoms with E-state index in [2.05, 4.69) is 5.32 Å². The van der Waals surface area contributed by atoms with Crippen molar-refractivity contribution < 1.29 is 19.5 Å². The Hall–Kier alpha value is -2.44. The number of hydrogen-bond acceptors (Lipinski definition) is 4. The molecule has 2 aromatic carbocycles. The van der Waals surface area contributed by atoms with Gasteiger partial charge in [-0.1, -0.05) is 36.4 Å². The van der Waals surface area contributed by atoms with Crippen LogP contribution in [-0.2, 0) is 9.63 Å². The smallest absolute Gasteiger partial charge is 0.405 e. The molecular formula is C16H18N2O4. The number of hydroxylamine groups is 2. The molecule has 0 aliphatic carbocycles. The molecule has 0 radical (unpaired) electrons. The molecule has 0 saturated carbocycles. The molecule has 0 bridgehead atoms. The van der Waals surface area contributed by atoms with Gasteiger partial charge < -0.3 is 20.1 Å². The van der Waals surface area contributed by atoms with E-state index in [1.54, 1.807) is 7.05 Å². The van der Waals surface area contributed by atoms with Gasteiger partial charge in [-0.25, -0.2) is 4.79 Å². The summed E-state index contributed by atoms with van der Waals surface area (Å²) in [5.41, 5.74) is 0.786. The lowest BCUT2D eigenvalue weighted by atomic mass is 9.97. The summed E-state index contributed by atoms with van der Waals surface area (Å²) >= 11 is 0. The van der Waals surface area contributed by atoms with Crippen LogP contribution in [0.25, 0.3) is 10.8 Å². The predicted molar refractivity (Wildman–Crippen MR) is 82.5 cm³/mol. The van der Waals surface area contributed by atoms with Crippen LogP contribution >= 0.6 is 0 Å². The molecule has 0 aliphatic rings. The molecule has 116 valence electrons. The molecule has 2 unspecified atom stereocenters. The average molecular weight is 302 g/mol. The number of amides is 1. The van der Waals surface area contributed by atoms with Crippen LogP contribution in [0, 0.1) is 0 Å². The summed E-state index contributed by atoms with van der Waals surface area (Å²) < 4.78 is 0. The van der Waals surface area contributed by atoms with Crippen molar-refractivity contribution in [3.8, 4) is 0 Å². The maximum Gasteiger partial charge on any atom is 0.405 e. The highest BCUT2D eigenvalue weighted by Crippen LogP contribution is 2.26. The summed E-state index contributed by atoms with van der Waals surface area (Å²) in [6, 6.07) is 12.0. The number of benzene rings is 2. The number of likely N-dealkylation sites (N-methyl/N-ethyl adjacent to an activating group) is 1. The van der Waals surface area contributed by atoms with Gasteiger partial charge in [0.15, 0.2) is 0 Å². The zero-order valence-electron chi connectivity index (χ0n) is 12.4. The third kappa shape index (κ3) is 3.41. The number of aldehydes is 1. The molecule has 0 fully saturated rings. The number of carbonyl (C=O) groups excluding carboxylic acids is 1. The van der Waals surface area contributed by atoms with Crippen LogP contribution in [0.5, 0.6) is 0 Å². The number of carbonyl (C=O) groups is 2. The standard InChI is InChI=1S/C16H18N2O4/c1-18(22-2)15(14(10-19)17-16(20)21)13-8-7-11-5-3-4-6-12(11)9-13/h3-10,14-15,17H,1-2H3,(H,20,21). The average Bonchev–Trinajstić information content (AvgIpc) is 2.53. The molecule has 0 spiro atoms. The second-order valence-electron chi connectivity index (χ2n) is 4.89. The summed E-state index contributed by atoms with van der Waals surface area (Å²) in [5, 5.41) is 14.7. The molecule has 22 heavy (non-hydrogen) atoms. The van der Waals surface area contributed by atoms with Crippen molar-refractivity contribution in [1.82, 2.24) is 10.4 Å². The Bertz CT molecular complexity index is 674. The number of nitrogens with one attached hydrogen (secondary N) is 1. The molecule has 0 saturated heterocycles. The van der Waals surface area contributed by atoms with Gasteiger partial charge in [-0.15, -0.1) is 0 Å². The second-order valence-corrected chi connectivity index (χ2v) is 4.89. The quantitative estimate of drug-likeness (QED) is 0.632. The van der Waals surface area contributed by atoms with Crippen LogP contribution in [0.2, 0.25) is 0 Å². The fourth-order valence-electron chi connectivity index (χ4n) is 2.48. The van der Waals surface area contributed by atoms with Crippen LogP contribution in [0.15, 0.2) is 42.5 Å². The summed E-state index contributed by atoms with van der Waals surface area (Å²) in [6.07, 6.45) is -0.684. The number of fused-ring (bicyclic) bond motifs is 1. The fourth-order valence-corrected chi connectivity index (χ4v) is 2.48. The third-order valence-corrected chi connectivity index (χ3v) is 3.57. The summed E-state index contributed by atoms with van der Waals surface area (Å²) in [7, 11) is 3.12. The fraction of sp³-hybridized carbons (Fsp3) is 0.250. The maximum absolute atomic E-state index is 11.3. The van der Waals surface area contributed by atoms with Crippen molar-refractivity contribution in [2.24, 2.45) is 0 Å². The first-order valence-corrected chi connectivity index (χ1v) is 6.77. The van der Waals surface area contributed by atoms with Gasteiger partial charge in [0, 0.05) is 7.05 Å². The highest BCUT2D eigenvalue weighted by Gasteiger charge is 2.28. The molecule has 2 N–H and O–H groups in total. The molecule has 6 nitrogen and oxygen atoms in total. The van der Waals surface area contributed by atoms with Gasteiger partial charge in [0.05, 0.1) is 13.2 Å². The topological polar surface area (TPSA) is 78.9 Å². The lowest BCUT2D eigenvalue weighted by molar-refractivity contribution is -0.152. The Balaban J connectivity index is 2.45. The minimum absolute atomic E-state index is 0.566. The molecule has 1 amide bonds. The van der Waals surface area contributed by atoms with Crippen molar-refractivity contribution in [3.63, 3.8) is 0 Å². The minimum atomic E-state index is -1.26. The van der Waals surface area contributed by atoms with Gasteiger partial charge >= 0.3 is 6.09 Å². The number of nitrogens with zero attached hydrogens (tertiary/aromatic N) is 1. The first kappa shape index (κ1) is 15.9. The normalized spacial score (nSPS) is 13.8. The summed E-state index contributed by atoms with van der Waals surface area (Å²) in [5.74, 6) is 0. The summed E-state index contributed by atoms with van der Waals surface area (Å²) in [4.78, 5) is 27.4. The van der Waals surface area contributed by atoms with Gasteiger partial charge in [0.2, 0.25) is 0 Å². The lowest BCUT2D eigenvalue weighted by Gasteiger charge is -2.30. The van der Waals surface area contributed by atoms with E-state index >= 15 is 0 Å². The van der Waals surface area contributed by atoms with Crippen LogP contribution in [0.1, 0.15) is 11.6 Å². The van der Waals surface area contributed by atoms with E-state index in [1.165, 1.54) is 12.2 Å². The Morgan fingerprint density at radius 2 is 1.95 bits per heavy atom. The maximum atomic E-state index is 11.3. The van der Waals surface area contributed by atoms with E-state index in [4.69, 9.17) is 9.94 Å². The Morgan fingerprint density at radius 1 is 1.27 bits per heavy atom. The second kappa shape index (κ2) is 7.02. The van der Waals surface area contributed by atoms with Gasteiger partial charge in [0.1, 0.15) is 12.3 Å². The van der Waals surface area contributed by atoms with Gasteiger partial charge in [-0.3, -0.25) is 0 Å². The van der Waals surface area contributed by atoms with Crippen molar-refractivity contribution in [2.45, 2.75) is 12.1 Å². The zero-order valence-corrected chi connectivity index (χ0v) is 12.4. The molecule has 6 heteroatoms. The molecule has 0 aromatic heterocycles. The van der Waals surface area contributed by atoms with Crippen molar-refractivity contribution in [2.75, 3.05) is 14.2 Å². The minimum Gasteiger partial charge on any atom is -0.465 e. The van der Waals surface area contributed by atoms with E-state index in [-0.39, 0.29) is 0 Å². The Labute approximate surface area is 128 Å². The van der Waals surface area contributed by atoms with E-state index in [9.17, 15) is 9.59 Å². The van der Waals surface area contributed by atoms with E-state index in [0.29, 0.717) is 6.29 Å². The number of hydrogen-bond donors (Lipinski definition) is 2. The third-order valence-electron chi connectivity index (χ3n) is 3.57. The first-order chi connectivity index (χ1) is 10.6. The van der Waals surface area contributed by atoms with Gasteiger partial charge in [-0.2, -0.15) is 5.06 Å². The van der Waals surface area contributed by atoms with E-state index in [0.717, 1.165) is 16.3 Å². The Kier molecular flexibility index (Phi) is 5.08. The molecule has 0 heterocycles. The van der Waals surface area contributed by atoms with Crippen LogP contribution < -0.4 is 5.32 Å². The van der Waals surface area contributed by atoms with Crippen molar-refractivity contribution in [1.29, 1.82) is 0 Å². The van der Waals surface area contributed by atoms with Crippen molar-refractivity contribution in [3.05, 3.63) is 48.0 Å². The van der Waals surface area contributed by atoms with Gasteiger partial charge in [0.25, 0.3) is 0 Å². The van der Waals surface area contributed by atoms with Crippen LogP contribution in [-0.4, -0.2) is 42.7 Å². The Morgan fingerprint density at radius 3 is 2.55 bits per heavy atom. The molecule has 2 rings (SSSR count).